The second kappa shape index (κ2) is 7.68. The molecule has 1 unspecified atom stereocenters. The molecule has 0 bridgehead atoms. The first-order valence-corrected chi connectivity index (χ1v) is 5.94. The fourth-order valence-electron chi connectivity index (χ4n) is 1.61. The lowest BCUT2D eigenvalue weighted by Gasteiger charge is -2.14. The van der Waals surface area contributed by atoms with Gasteiger partial charge in [0.05, 0.1) is 19.4 Å². The van der Waals surface area contributed by atoms with Gasteiger partial charge in [-0.2, -0.15) is 0 Å². The van der Waals surface area contributed by atoms with Crippen molar-refractivity contribution in [3.05, 3.63) is 24.3 Å². The molecule has 0 radical (unpaired) electrons. The van der Waals surface area contributed by atoms with Crippen LogP contribution in [0.2, 0.25) is 0 Å². The van der Waals surface area contributed by atoms with Crippen LogP contribution in [0.4, 0.5) is 5.69 Å². The summed E-state index contributed by atoms with van der Waals surface area (Å²) in [6.07, 6.45) is 0.345. The quantitative estimate of drug-likeness (QED) is 0.677. The zero-order valence-electron chi connectivity index (χ0n) is 10.8. The standard InChI is InChI=1S/C13H20N2O3/c1-10(14-7-8-16)9-13(17)15-11-5-3-4-6-12(11)18-2/h3-6,10,14,16H,7-9H2,1-2H3,(H,15,17). The fourth-order valence-corrected chi connectivity index (χ4v) is 1.61. The van der Waals surface area contributed by atoms with Crippen molar-refractivity contribution in [2.45, 2.75) is 19.4 Å². The van der Waals surface area contributed by atoms with Crippen LogP contribution in [0, 0.1) is 0 Å². The molecule has 0 aliphatic heterocycles. The van der Waals surface area contributed by atoms with Gasteiger partial charge in [-0.3, -0.25) is 4.79 Å². The monoisotopic (exact) mass is 252 g/mol. The molecular weight excluding hydrogens is 232 g/mol. The first-order chi connectivity index (χ1) is 8.67. The van der Waals surface area contributed by atoms with Gasteiger partial charge in [0.2, 0.25) is 5.91 Å². The summed E-state index contributed by atoms with van der Waals surface area (Å²) < 4.78 is 5.15. The predicted molar refractivity (Wildman–Crippen MR) is 70.8 cm³/mol. The molecule has 1 aromatic rings. The van der Waals surface area contributed by atoms with Crippen molar-refractivity contribution in [3.63, 3.8) is 0 Å². The molecule has 3 N–H and O–H groups in total. The average molecular weight is 252 g/mol. The molecule has 5 nitrogen and oxygen atoms in total. The van der Waals surface area contributed by atoms with Gasteiger partial charge in [0.1, 0.15) is 5.75 Å². The lowest BCUT2D eigenvalue weighted by molar-refractivity contribution is -0.116. The van der Waals surface area contributed by atoms with E-state index in [0.717, 1.165) is 0 Å². The lowest BCUT2D eigenvalue weighted by Crippen LogP contribution is -2.32. The van der Waals surface area contributed by atoms with Gasteiger partial charge in [0.15, 0.2) is 0 Å². The van der Waals surface area contributed by atoms with Gasteiger partial charge in [-0.05, 0) is 19.1 Å². The van der Waals surface area contributed by atoms with Crippen LogP contribution in [0.25, 0.3) is 0 Å². The highest BCUT2D eigenvalue weighted by Gasteiger charge is 2.10. The number of hydrogen-bond acceptors (Lipinski definition) is 4. The molecule has 0 saturated heterocycles. The Morgan fingerprint density at radius 3 is 2.83 bits per heavy atom. The Hall–Kier alpha value is -1.59. The van der Waals surface area contributed by atoms with Crippen molar-refractivity contribution in [1.82, 2.24) is 5.32 Å². The van der Waals surface area contributed by atoms with E-state index in [9.17, 15) is 4.79 Å². The molecule has 1 amide bonds. The molecule has 0 spiro atoms. The predicted octanol–water partition coefficient (Wildman–Crippen LogP) is 0.994. The number of carbonyl (C=O) groups excluding carboxylic acids is 1. The summed E-state index contributed by atoms with van der Waals surface area (Å²) in [7, 11) is 1.57. The molecule has 5 heteroatoms. The molecule has 0 aliphatic rings. The fraction of sp³-hybridized carbons (Fsp3) is 0.462. The Morgan fingerprint density at radius 2 is 2.17 bits per heavy atom. The Bertz CT molecular complexity index is 382. The minimum Gasteiger partial charge on any atom is -0.495 e. The van der Waals surface area contributed by atoms with Crippen molar-refractivity contribution in [2.75, 3.05) is 25.6 Å². The van der Waals surface area contributed by atoms with E-state index in [1.54, 1.807) is 19.2 Å². The number of para-hydroxylation sites is 2. The smallest absolute Gasteiger partial charge is 0.226 e. The van der Waals surface area contributed by atoms with Gasteiger partial charge in [0, 0.05) is 19.0 Å². The van der Waals surface area contributed by atoms with Gasteiger partial charge in [-0.1, -0.05) is 12.1 Å². The average Bonchev–Trinajstić information content (AvgIpc) is 2.36. The van der Waals surface area contributed by atoms with Crippen LogP contribution in [-0.2, 0) is 4.79 Å². The number of hydrogen-bond donors (Lipinski definition) is 3. The van der Waals surface area contributed by atoms with E-state index in [2.05, 4.69) is 10.6 Å². The van der Waals surface area contributed by atoms with Gasteiger partial charge >= 0.3 is 0 Å². The second-order valence-corrected chi connectivity index (χ2v) is 4.03. The number of rotatable bonds is 7. The SMILES string of the molecule is COc1ccccc1NC(=O)CC(C)NCCO. The number of carbonyl (C=O) groups is 1. The van der Waals surface area contributed by atoms with E-state index in [0.29, 0.717) is 24.4 Å². The van der Waals surface area contributed by atoms with Gasteiger partial charge in [0.25, 0.3) is 0 Å². The molecule has 0 saturated carbocycles. The summed E-state index contributed by atoms with van der Waals surface area (Å²) in [6, 6.07) is 7.30. The Morgan fingerprint density at radius 1 is 1.44 bits per heavy atom. The van der Waals surface area contributed by atoms with Crippen molar-refractivity contribution in [1.29, 1.82) is 0 Å². The first-order valence-electron chi connectivity index (χ1n) is 5.94. The number of benzene rings is 1. The largest absolute Gasteiger partial charge is 0.495 e. The highest BCUT2D eigenvalue weighted by atomic mass is 16.5. The van der Waals surface area contributed by atoms with E-state index < -0.39 is 0 Å². The number of anilines is 1. The van der Waals surface area contributed by atoms with Crippen LogP contribution in [-0.4, -0.2) is 37.3 Å². The minimum atomic E-state index is -0.0857. The van der Waals surface area contributed by atoms with Crippen molar-refractivity contribution in [3.8, 4) is 5.75 Å². The number of methoxy groups -OCH3 is 1. The normalized spacial score (nSPS) is 11.9. The summed E-state index contributed by atoms with van der Waals surface area (Å²) in [5, 5.41) is 14.5. The number of amides is 1. The lowest BCUT2D eigenvalue weighted by atomic mass is 10.2. The van der Waals surface area contributed by atoms with E-state index in [4.69, 9.17) is 9.84 Å². The number of aliphatic hydroxyl groups excluding tert-OH is 1. The van der Waals surface area contributed by atoms with E-state index in [1.807, 2.05) is 19.1 Å². The first kappa shape index (κ1) is 14.5. The van der Waals surface area contributed by atoms with Crippen molar-refractivity contribution >= 4 is 11.6 Å². The van der Waals surface area contributed by atoms with Gasteiger partial charge in [-0.25, -0.2) is 0 Å². The van der Waals surface area contributed by atoms with Crippen LogP contribution in [0.15, 0.2) is 24.3 Å². The van der Waals surface area contributed by atoms with Crippen LogP contribution in [0.5, 0.6) is 5.75 Å². The van der Waals surface area contributed by atoms with E-state index in [-0.39, 0.29) is 18.6 Å². The Labute approximate surface area is 107 Å². The molecule has 1 aromatic carbocycles. The molecule has 100 valence electrons. The Balaban J connectivity index is 2.49. The maximum absolute atomic E-state index is 11.8. The Kier molecular flexibility index (Phi) is 6.18. The molecule has 0 fully saturated rings. The maximum Gasteiger partial charge on any atom is 0.226 e. The van der Waals surface area contributed by atoms with E-state index >= 15 is 0 Å². The number of nitrogens with one attached hydrogen (secondary N) is 2. The maximum atomic E-state index is 11.8. The minimum absolute atomic E-state index is 0.0202. The van der Waals surface area contributed by atoms with Gasteiger partial charge < -0.3 is 20.5 Å². The molecule has 0 heterocycles. The van der Waals surface area contributed by atoms with Crippen LogP contribution in [0.3, 0.4) is 0 Å². The summed E-state index contributed by atoms with van der Waals surface area (Å²) in [4.78, 5) is 11.8. The number of ether oxygens (including phenoxy) is 1. The topological polar surface area (TPSA) is 70.6 Å². The third-order valence-corrected chi connectivity index (χ3v) is 2.48. The van der Waals surface area contributed by atoms with Crippen LogP contribution >= 0.6 is 0 Å². The van der Waals surface area contributed by atoms with E-state index in [1.165, 1.54) is 0 Å². The third-order valence-electron chi connectivity index (χ3n) is 2.48. The highest BCUT2D eigenvalue weighted by Crippen LogP contribution is 2.23. The molecule has 18 heavy (non-hydrogen) atoms. The zero-order valence-corrected chi connectivity index (χ0v) is 10.8. The zero-order chi connectivity index (χ0) is 13.4. The summed E-state index contributed by atoms with van der Waals surface area (Å²) >= 11 is 0. The van der Waals surface area contributed by atoms with Crippen LogP contribution < -0.4 is 15.4 Å². The summed E-state index contributed by atoms with van der Waals surface area (Å²) in [5.41, 5.74) is 0.666. The molecule has 1 rings (SSSR count). The van der Waals surface area contributed by atoms with Crippen molar-refractivity contribution < 1.29 is 14.6 Å². The highest BCUT2D eigenvalue weighted by molar-refractivity contribution is 5.92. The van der Waals surface area contributed by atoms with Crippen LogP contribution in [0.1, 0.15) is 13.3 Å². The number of aliphatic hydroxyl groups is 1. The third kappa shape index (κ3) is 4.73. The van der Waals surface area contributed by atoms with Gasteiger partial charge in [-0.15, -0.1) is 0 Å². The molecule has 1 atom stereocenters. The molecular formula is C13H20N2O3. The molecule has 0 aliphatic carbocycles. The second-order valence-electron chi connectivity index (χ2n) is 4.03. The molecule has 0 aromatic heterocycles. The summed E-state index contributed by atoms with van der Waals surface area (Å²) in [5.74, 6) is 0.555. The summed E-state index contributed by atoms with van der Waals surface area (Å²) in [6.45, 7) is 2.46. The van der Waals surface area contributed by atoms with Crippen molar-refractivity contribution in [2.24, 2.45) is 0 Å².